The summed E-state index contributed by atoms with van der Waals surface area (Å²) in [7, 11) is 2.82. The third-order valence-electron chi connectivity index (χ3n) is 11.2. The fraction of sp³-hybridized carbons (Fsp3) is 0.395. The van der Waals surface area contributed by atoms with Gasteiger partial charge in [-0.1, -0.05) is 33.6 Å². The predicted octanol–water partition coefficient (Wildman–Crippen LogP) is 4.95. The number of halogens is 1. The smallest absolute Gasteiger partial charge is 0.343 e. The van der Waals surface area contributed by atoms with Crippen LogP contribution >= 0.6 is 0 Å². The molecule has 4 aliphatic rings. The Balaban J connectivity index is 0.897. The number of rotatable bonds is 13. The molecule has 0 unspecified atom stereocenters. The molecule has 1 aliphatic carbocycles. The number of aryl methyl sites for hydroxylation is 2. The molecule has 8 rings (SSSR count). The van der Waals surface area contributed by atoms with E-state index in [-0.39, 0.29) is 47.7 Å². The van der Waals surface area contributed by atoms with Crippen molar-refractivity contribution in [3.8, 4) is 0 Å². The van der Waals surface area contributed by atoms with E-state index in [0.717, 1.165) is 48.2 Å². The quantitative estimate of drug-likeness (QED) is 0.105. The average Bonchev–Trinajstić information content (AvgIpc) is 3.99. The van der Waals surface area contributed by atoms with E-state index < -0.39 is 17.2 Å². The molecule has 0 N–H and O–H groups in total. The Morgan fingerprint density at radius 2 is 1.34 bits per heavy atom. The second-order valence-electron chi connectivity index (χ2n) is 15.2. The van der Waals surface area contributed by atoms with E-state index in [9.17, 15) is 19.2 Å². The van der Waals surface area contributed by atoms with E-state index in [0.29, 0.717) is 67.3 Å². The lowest BCUT2D eigenvalue weighted by atomic mass is 10.1. The van der Waals surface area contributed by atoms with Gasteiger partial charge in [-0.15, -0.1) is 0 Å². The van der Waals surface area contributed by atoms with Crippen LogP contribution in [0.1, 0.15) is 64.3 Å². The largest absolute Gasteiger partial charge is 0.462 e. The number of nitrogens with zero attached hydrogens (tertiary/aromatic N) is 7. The van der Waals surface area contributed by atoms with Gasteiger partial charge in [-0.05, 0) is 82.5 Å². The van der Waals surface area contributed by atoms with Crippen LogP contribution in [0.4, 0.5) is 21.5 Å². The van der Waals surface area contributed by atoms with E-state index in [4.69, 9.17) is 14.4 Å². The summed E-state index contributed by atoms with van der Waals surface area (Å²) in [5, 5.41) is 8.06. The Morgan fingerprint density at radius 3 is 1.91 bits per heavy atom. The molecule has 1 saturated heterocycles. The van der Waals surface area contributed by atoms with Crippen molar-refractivity contribution >= 4 is 57.2 Å². The van der Waals surface area contributed by atoms with Crippen LogP contribution in [0.25, 0.3) is 10.9 Å². The zero-order valence-corrected chi connectivity index (χ0v) is 33.1. The Hall–Kier alpha value is -6.09. The maximum absolute atomic E-state index is 15.9. The molecule has 1 aromatic heterocycles. The number of benzene rings is 3. The van der Waals surface area contributed by atoms with Gasteiger partial charge in [-0.2, -0.15) is 0 Å². The van der Waals surface area contributed by atoms with Crippen LogP contribution in [0.5, 0.6) is 0 Å². The fourth-order valence-electron chi connectivity index (χ4n) is 8.19. The minimum absolute atomic E-state index is 0.0328. The number of esters is 1. The van der Waals surface area contributed by atoms with Gasteiger partial charge in [-0.3, -0.25) is 19.3 Å². The van der Waals surface area contributed by atoms with Gasteiger partial charge in [-0.25, -0.2) is 9.18 Å². The van der Waals surface area contributed by atoms with Gasteiger partial charge >= 0.3 is 5.97 Å². The monoisotopic (exact) mass is 791 g/mol. The van der Waals surface area contributed by atoms with Crippen molar-refractivity contribution in [2.24, 2.45) is 10.3 Å². The maximum atomic E-state index is 15.9. The maximum Gasteiger partial charge on any atom is 0.343 e. The number of ether oxygens (including phenoxy) is 1. The van der Waals surface area contributed by atoms with Crippen molar-refractivity contribution in [3.63, 3.8) is 0 Å². The zero-order chi connectivity index (χ0) is 40.7. The van der Waals surface area contributed by atoms with Gasteiger partial charge in [0.2, 0.25) is 5.43 Å². The number of carbonyl (C=O) groups excluding carboxylic acids is 3. The molecule has 2 fully saturated rings. The van der Waals surface area contributed by atoms with Crippen molar-refractivity contribution in [1.29, 1.82) is 0 Å². The first-order valence-corrected chi connectivity index (χ1v) is 19.7. The second-order valence-corrected chi connectivity index (χ2v) is 15.2. The Morgan fingerprint density at radius 1 is 0.759 bits per heavy atom. The molecule has 302 valence electrons. The highest BCUT2D eigenvalue weighted by Crippen LogP contribution is 2.38. The Bertz CT molecular complexity index is 2430. The first kappa shape index (κ1) is 38.8. The molecule has 58 heavy (non-hydrogen) atoms. The summed E-state index contributed by atoms with van der Waals surface area (Å²) in [5.41, 5.74) is 5.80. The number of hydrogen-bond acceptors (Lipinski definition) is 11. The lowest BCUT2D eigenvalue weighted by molar-refractivity contribution is -0.113. The van der Waals surface area contributed by atoms with Gasteiger partial charge in [0.05, 0.1) is 29.2 Å². The van der Waals surface area contributed by atoms with Crippen LogP contribution in [-0.2, 0) is 24.0 Å². The Labute approximate surface area is 335 Å². The number of carbonyl (C=O) groups is 3. The number of amides is 2. The SMILES string of the molecule is CO/N=C1\C(=O)N(CCCN2CCN(c3cc4c(cc3F)c(=O)c(C(=O)OCCCN3C(=O)/C(=N/OC)c5cc(C)ccc53)cn4C3CC3)CC2)c2ccc(C)cc21. The molecule has 3 aromatic carbocycles. The topological polar surface area (TPSA) is 139 Å². The van der Waals surface area contributed by atoms with Gasteiger partial charge in [0.25, 0.3) is 11.8 Å². The molecule has 2 amide bonds. The van der Waals surface area contributed by atoms with Crippen molar-refractivity contribution in [1.82, 2.24) is 9.47 Å². The number of aromatic nitrogens is 1. The highest BCUT2D eigenvalue weighted by Gasteiger charge is 2.36. The third-order valence-corrected chi connectivity index (χ3v) is 11.2. The third kappa shape index (κ3) is 7.30. The van der Waals surface area contributed by atoms with Crippen LogP contribution in [0.2, 0.25) is 0 Å². The number of oxime groups is 2. The summed E-state index contributed by atoms with van der Waals surface area (Å²) < 4.78 is 23.4. The van der Waals surface area contributed by atoms with Crippen molar-refractivity contribution in [3.05, 3.63) is 98.6 Å². The molecule has 0 bridgehead atoms. The van der Waals surface area contributed by atoms with Crippen molar-refractivity contribution in [2.45, 2.75) is 45.6 Å². The normalized spacial score (nSPS) is 18.1. The zero-order valence-electron chi connectivity index (χ0n) is 33.1. The van der Waals surface area contributed by atoms with Gasteiger partial charge < -0.3 is 33.7 Å². The molecule has 0 atom stereocenters. The molecule has 15 heteroatoms. The van der Waals surface area contributed by atoms with Gasteiger partial charge in [0.15, 0.2) is 11.4 Å². The molecule has 0 spiro atoms. The number of piperazine rings is 1. The van der Waals surface area contributed by atoms with Crippen LogP contribution in [0.15, 0.2) is 69.8 Å². The van der Waals surface area contributed by atoms with Crippen molar-refractivity contribution < 1.29 is 33.2 Å². The van der Waals surface area contributed by atoms with E-state index in [1.807, 2.05) is 59.7 Å². The Kier molecular flexibility index (Phi) is 10.7. The van der Waals surface area contributed by atoms with Crippen LogP contribution in [0, 0.1) is 19.7 Å². The molecule has 14 nitrogen and oxygen atoms in total. The molecular weight excluding hydrogens is 746 g/mol. The number of hydrogen-bond donors (Lipinski definition) is 0. The van der Waals surface area contributed by atoms with E-state index >= 15 is 4.39 Å². The number of anilines is 3. The summed E-state index contributed by atoms with van der Waals surface area (Å²) in [6.07, 6.45) is 4.38. The first-order valence-electron chi connectivity index (χ1n) is 19.7. The van der Waals surface area contributed by atoms with Crippen LogP contribution < -0.4 is 20.1 Å². The van der Waals surface area contributed by atoms with Crippen LogP contribution in [0.3, 0.4) is 0 Å². The highest BCUT2D eigenvalue weighted by molar-refractivity contribution is 6.55. The van der Waals surface area contributed by atoms with E-state index in [2.05, 4.69) is 15.2 Å². The van der Waals surface area contributed by atoms with Gasteiger partial charge in [0.1, 0.15) is 25.6 Å². The first-order chi connectivity index (χ1) is 28.1. The lowest BCUT2D eigenvalue weighted by Crippen LogP contribution is -2.47. The summed E-state index contributed by atoms with van der Waals surface area (Å²) in [5.74, 6) is -1.79. The fourth-order valence-corrected chi connectivity index (χ4v) is 8.19. The minimum atomic E-state index is -0.788. The lowest BCUT2D eigenvalue weighted by Gasteiger charge is -2.36. The molecule has 1 saturated carbocycles. The number of fused-ring (bicyclic) bond motifs is 3. The van der Waals surface area contributed by atoms with E-state index in [1.165, 1.54) is 20.3 Å². The minimum Gasteiger partial charge on any atom is -0.462 e. The number of pyridine rings is 1. The standard InChI is InChI=1S/C43H46FN7O7/c1-26-7-11-34-29(21-26)38(45-56-3)41(53)49(34)14-5-13-47-16-18-48(19-17-47)37-24-36-31(23-33(37)44)40(52)32(25-51(36)28-9-10-28)43(55)58-20-6-15-50-35-12-8-27(2)22-30(35)39(42(50)54)46-57-4/h7-8,11-12,21-25,28H,5-6,9-10,13-20H2,1-4H3/b45-38-,46-39+. The summed E-state index contributed by atoms with van der Waals surface area (Å²) >= 11 is 0. The molecule has 4 heterocycles. The molecular formula is C43H46FN7O7. The summed E-state index contributed by atoms with van der Waals surface area (Å²) in [6, 6.07) is 14.6. The van der Waals surface area contributed by atoms with Crippen molar-refractivity contribution in [2.75, 3.05) is 81.3 Å². The molecule has 4 aromatic rings. The van der Waals surface area contributed by atoms with Gasteiger partial charge in [0, 0.05) is 68.0 Å². The summed E-state index contributed by atoms with van der Waals surface area (Å²) in [6.45, 7) is 8.02. The second kappa shape index (κ2) is 16.0. The van der Waals surface area contributed by atoms with E-state index in [1.54, 1.807) is 22.1 Å². The summed E-state index contributed by atoms with van der Waals surface area (Å²) in [4.78, 5) is 70.9. The van der Waals surface area contributed by atoms with Crippen LogP contribution in [-0.4, -0.2) is 105 Å². The average molecular weight is 792 g/mol. The highest BCUT2D eigenvalue weighted by atomic mass is 19.1. The molecule has 3 aliphatic heterocycles. The predicted molar refractivity (Wildman–Crippen MR) is 219 cm³/mol. The molecule has 0 radical (unpaired) electrons.